The first kappa shape index (κ1) is 23.0. The van der Waals surface area contributed by atoms with E-state index in [0.29, 0.717) is 37.0 Å². The number of benzene rings is 3. The minimum atomic E-state index is -1.37. The third-order valence-electron chi connectivity index (χ3n) is 3.99. The van der Waals surface area contributed by atoms with E-state index in [0.717, 1.165) is 0 Å². The summed E-state index contributed by atoms with van der Waals surface area (Å²) in [5, 5.41) is 13.4. The van der Waals surface area contributed by atoms with E-state index in [-0.39, 0.29) is 5.75 Å². The summed E-state index contributed by atoms with van der Waals surface area (Å²) in [5.41, 5.74) is 3.34. The molecular weight excluding hydrogens is 486 g/mol. The van der Waals surface area contributed by atoms with Gasteiger partial charge in [0.25, 0.3) is 0 Å². The van der Waals surface area contributed by atoms with Crippen molar-refractivity contribution in [3.8, 4) is 5.75 Å². The number of rotatable bonds is 6. The van der Waals surface area contributed by atoms with Crippen molar-refractivity contribution in [1.29, 1.82) is 0 Å². The van der Waals surface area contributed by atoms with Gasteiger partial charge in [0.2, 0.25) is 5.91 Å². The second-order valence-corrected chi connectivity index (χ2v) is 8.10. The zero-order chi connectivity index (χ0) is 22.5. The van der Waals surface area contributed by atoms with E-state index in [1.807, 2.05) is 0 Å². The fourth-order valence-corrected chi connectivity index (χ4v) is 3.73. The van der Waals surface area contributed by atoms with Crippen LogP contribution in [0.2, 0.25) is 20.1 Å². The number of nitrogens with one attached hydrogen (secondary N) is 2. The molecule has 3 rings (SSSR count). The SMILES string of the molecule is O=C(Nc1cc(Cl)cc(Cl)c1)C(C(=O)ONc1cc(Cl)cc(Cl)c1)c1ccc(O)cc1. The molecule has 0 radical (unpaired) electrons. The van der Waals surface area contributed by atoms with Gasteiger partial charge in [-0.1, -0.05) is 58.5 Å². The Morgan fingerprint density at radius 1 is 0.774 bits per heavy atom. The number of anilines is 2. The third kappa shape index (κ3) is 6.42. The molecule has 0 spiro atoms. The molecule has 6 nitrogen and oxygen atoms in total. The van der Waals surface area contributed by atoms with E-state index in [4.69, 9.17) is 51.2 Å². The molecule has 0 bridgehead atoms. The van der Waals surface area contributed by atoms with Crippen LogP contribution in [0.25, 0.3) is 0 Å². The number of phenols is 1. The van der Waals surface area contributed by atoms with Gasteiger partial charge < -0.3 is 15.3 Å². The van der Waals surface area contributed by atoms with E-state index in [1.165, 1.54) is 60.7 Å². The molecule has 1 unspecified atom stereocenters. The number of hydrogen-bond donors (Lipinski definition) is 3. The number of hydrogen-bond acceptors (Lipinski definition) is 5. The van der Waals surface area contributed by atoms with Gasteiger partial charge in [-0.25, -0.2) is 10.3 Å². The molecule has 10 heteroatoms. The fraction of sp³-hybridized carbons (Fsp3) is 0.0476. The molecule has 160 valence electrons. The Balaban J connectivity index is 1.83. The van der Waals surface area contributed by atoms with Crippen LogP contribution in [-0.2, 0) is 14.4 Å². The van der Waals surface area contributed by atoms with Crippen LogP contribution >= 0.6 is 46.4 Å². The van der Waals surface area contributed by atoms with Gasteiger partial charge in [0.15, 0.2) is 5.92 Å². The molecule has 0 saturated carbocycles. The topological polar surface area (TPSA) is 87.7 Å². The van der Waals surface area contributed by atoms with E-state index in [2.05, 4.69) is 10.8 Å². The summed E-state index contributed by atoms with van der Waals surface area (Å²) >= 11 is 23.8. The van der Waals surface area contributed by atoms with Gasteiger partial charge >= 0.3 is 5.97 Å². The van der Waals surface area contributed by atoms with Crippen molar-refractivity contribution in [3.63, 3.8) is 0 Å². The Bertz CT molecular complexity index is 1080. The van der Waals surface area contributed by atoms with E-state index in [9.17, 15) is 14.7 Å². The minimum absolute atomic E-state index is 0.0235. The van der Waals surface area contributed by atoms with Gasteiger partial charge in [-0.2, -0.15) is 0 Å². The second-order valence-electron chi connectivity index (χ2n) is 6.35. The Kier molecular flexibility index (Phi) is 7.51. The normalized spacial score (nSPS) is 11.5. The first-order chi connectivity index (χ1) is 14.7. The van der Waals surface area contributed by atoms with Gasteiger partial charge in [0, 0.05) is 25.8 Å². The lowest BCUT2D eigenvalue weighted by Crippen LogP contribution is -2.30. The molecule has 31 heavy (non-hydrogen) atoms. The number of carbonyl (C=O) groups excluding carboxylic acids is 2. The first-order valence-electron chi connectivity index (χ1n) is 8.70. The summed E-state index contributed by atoms with van der Waals surface area (Å²) in [6.07, 6.45) is 0. The van der Waals surface area contributed by atoms with E-state index >= 15 is 0 Å². The van der Waals surface area contributed by atoms with Gasteiger partial charge in [-0.3, -0.25) is 4.79 Å². The fourth-order valence-electron chi connectivity index (χ4n) is 2.68. The quantitative estimate of drug-likeness (QED) is 0.273. The van der Waals surface area contributed by atoms with Crippen LogP contribution in [0.4, 0.5) is 11.4 Å². The van der Waals surface area contributed by atoms with Gasteiger partial charge in [0.05, 0.1) is 5.69 Å². The second kappa shape index (κ2) is 10.1. The summed E-state index contributed by atoms with van der Waals surface area (Å²) in [5.74, 6) is -3.00. The molecule has 0 saturated heterocycles. The van der Waals surface area contributed by atoms with Crippen molar-refractivity contribution in [2.75, 3.05) is 10.8 Å². The highest BCUT2D eigenvalue weighted by Gasteiger charge is 2.31. The standard InChI is InChI=1S/C21H14Cl4N2O4/c22-12-5-13(23)8-16(7-12)26-20(29)19(11-1-3-18(28)4-2-11)21(30)31-27-17-9-14(24)6-15(25)10-17/h1-10,19,27-28H,(H,26,29). The maximum Gasteiger partial charge on any atom is 0.348 e. The van der Waals surface area contributed by atoms with Crippen molar-refractivity contribution in [1.82, 2.24) is 0 Å². The smallest absolute Gasteiger partial charge is 0.348 e. The molecule has 0 fully saturated rings. The number of carbonyl (C=O) groups is 2. The van der Waals surface area contributed by atoms with Crippen molar-refractivity contribution < 1.29 is 19.5 Å². The highest BCUT2D eigenvalue weighted by atomic mass is 35.5. The Hall–Kier alpha value is -2.64. The minimum Gasteiger partial charge on any atom is -0.508 e. The first-order valence-corrected chi connectivity index (χ1v) is 10.2. The molecule has 1 amide bonds. The molecule has 3 aromatic carbocycles. The van der Waals surface area contributed by atoms with Crippen LogP contribution in [0.5, 0.6) is 5.75 Å². The van der Waals surface area contributed by atoms with Crippen molar-refractivity contribution >= 4 is 69.7 Å². The Labute approximate surface area is 197 Å². The molecule has 0 aliphatic rings. The van der Waals surface area contributed by atoms with Gasteiger partial charge in [0.1, 0.15) is 5.75 Å². The van der Waals surface area contributed by atoms with E-state index < -0.39 is 17.8 Å². The van der Waals surface area contributed by atoms with Gasteiger partial charge in [-0.05, 0) is 54.1 Å². The predicted octanol–water partition coefficient (Wildman–Crippen LogP) is 6.30. The molecule has 0 aliphatic carbocycles. The summed E-state index contributed by atoms with van der Waals surface area (Å²) in [7, 11) is 0. The molecule has 0 heterocycles. The van der Waals surface area contributed by atoms with Crippen LogP contribution in [0.1, 0.15) is 11.5 Å². The van der Waals surface area contributed by atoms with Crippen LogP contribution in [-0.4, -0.2) is 17.0 Å². The highest BCUT2D eigenvalue weighted by Crippen LogP contribution is 2.27. The van der Waals surface area contributed by atoms with E-state index in [1.54, 1.807) is 0 Å². The van der Waals surface area contributed by atoms with Crippen molar-refractivity contribution in [3.05, 3.63) is 86.3 Å². The third-order valence-corrected chi connectivity index (χ3v) is 4.86. The average molecular weight is 500 g/mol. The average Bonchev–Trinajstić information content (AvgIpc) is 2.66. The maximum absolute atomic E-state index is 13.0. The molecule has 3 N–H and O–H groups in total. The highest BCUT2D eigenvalue weighted by molar-refractivity contribution is 6.35. The summed E-state index contributed by atoms with van der Waals surface area (Å²) in [6.45, 7) is 0. The van der Waals surface area contributed by atoms with Crippen LogP contribution < -0.4 is 10.8 Å². The number of aromatic hydroxyl groups is 1. The zero-order valence-electron chi connectivity index (χ0n) is 15.5. The van der Waals surface area contributed by atoms with Crippen LogP contribution in [0.15, 0.2) is 60.7 Å². The largest absolute Gasteiger partial charge is 0.508 e. The summed E-state index contributed by atoms with van der Waals surface area (Å²) in [4.78, 5) is 30.9. The molecule has 0 aliphatic heterocycles. The lowest BCUT2D eigenvalue weighted by Gasteiger charge is -2.17. The molecular formula is C21H14Cl4N2O4. The number of phenolic OH excluding ortho intramolecular Hbond substituents is 1. The van der Waals surface area contributed by atoms with Crippen molar-refractivity contribution in [2.45, 2.75) is 5.92 Å². The number of amides is 1. The Morgan fingerprint density at radius 2 is 1.26 bits per heavy atom. The van der Waals surface area contributed by atoms with Gasteiger partial charge in [-0.15, -0.1) is 0 Å². The summed E-state index contributed by atoms with van der Waals surface area (Å²) in [6, 6.07) is 14.5. The Morgan fingerprint density at radius 3 is 1.77 bits per heavy atom. The lowest BCUT2D eigenvalue weighted by atomic mass is 9.98. The predicted molar refractivity (Wildman–Crippen MR) is 122 cm³/mol. The van der Waals surface area contributed by atoms with Crippen LogP contribution in [0, 0.1) is 0 Å². The van der Waals surface area contributed by atoms with Crippen LogP contribution in [0.3, 0.4) is 0 Å². The maximum atomic E-state index is 13.0. The lowest BCUT2D eigenvalue weighted by molar-refractivity contribution is -0.145. The van der Waals surface area contributed by atoms with Crippen molar-refractivity contribution in [2.24, 2.45) is 0 Å². The zero-order valence-corrected chi connectivity index (χ0v) is 18.6. The summed E-state index contributed by atoms with van der Waals surface area (Å²) < 4.78 is 0. The molecule has 3 aromatic rings. The monoisotopic (exact) mass is 498 g/mol. The molecule has 0 aromatic heterocycles. The number of halogens is 4. The molecule has 1 atom stereocenters.